The Labute approximate surface area is 104 Å². The first-order chi connectivity index (χ1) is 8.61. The predicted molar refractivity (Wildman–Crippen MR) is 63.3 cm³/mol. The van der Waals surface area contributed by atoms with Crippen molar-refractivity contribution in [1.29, 1.82) is 5.26 Å². The van der Waals surface area contributed by atoms with Gasteiger partial charge in [0, 0.05) is 17.2 Å². The summed E-state index contributed by atoms with van der Waals surface area (Å²) in [5, 5.41) is 19.7. The highest BCUT2D eigenvalue weighted by Gasteiger charge is 2.24. The molecule has 0 fully saturated rings. The molecule has 4 nitrogen and oxygen atoms in total. The van der Waals surface area contributed by atoms with E-state index in [-0.39, 0.29) is 11.6 Å². The van der Waals surface area contributed by atoms with Crippen LogP contribution in [0.5, 0.6) is 0 Å². The van der Waals surface area contributed by atoms with Crippen molar-refractivity contribution in [1.82, 2.24) is 0 Å². The smallest absolute Gasteiger partial charge is 0.258 e. The summed E-state index contributed by atoms with van der Waals surface area (Å²) in [6.07, 6.45) is 3.56. The monoisotopic (exact) mass is 246 g/mol. The third kappa shape index (κ3) is 2.38. The van der Waals surface area contributed by atoms with Crippen molar-refractivity contribution < 1.29 is 9.31 Å². The summed E-state index contributed by atoms with van der Waals surface area (Å²) >= 11 is 0. The number of rotatable bonds is 2. The average Bonchev–Trinajstić information content (AvgIpc) is 2.38. The number of allylic oxidation sites excluding steroid dienone is 2. The lowest BCUT2D eigenvalue weighted by Crippen LogP contribution is -2.07. The molecule has 1 unspecified atom stereocenters. The molecule has 0 spiro atoms. The molecule has 0 saturated carbocycles. The Kier molecular flexibility index (Phi) is 3.38. The lowest BCUT2D eigenvalue weighted by atomic mass is 9.84. The van der Waals surface area contributed by atoms with Gasteiger partial charge in [-0.2, -0.15) is 5.26 Å². The Bertz CT molecular complexity index is 561. The fraction of sp³-hybridized carbons (Fsp3) is 0.308. The summed E-state index contributed by atoms with van der Waals surface area (Å²) in [6.45, 7) is 0. The van der Waals surface area contributed by atoms with Gasteiger partial charge in [0.15, 0.2) is 0 Å². The summed E-state index contributed by atoms with van der Waals surface area (Å²) in [5.74, 6) is -0.552. The molecule has 5 heteroatoms. The predicted octanol–water partition coefficient (Wildman–Crippen LogP) is 3.45. The quantitative estimate of drug-likeness (QED) is 0.592. The summed E-state index contributed by atoms with van der Waals surface area (Å²) in [5.41, 5.74) is 1.08. The van der Waals surface area contributed by atoms with E-state index >= 15 is 0 Å². The van der Waals surface area contributed by atoms with Crippen LogP contribution >= 0.6 is 0 Å². The van der Waals surface area contributed by atoms with E-state index in [9.17, 15) is 14.5 Å². The zero-order valence-corrected chi connectivity index (χ0v) is 9.60. The molecule has 0 aromatic heterocycles. The van der Waals surface area contributed by atoms with Gasteiger partial charge in [-0.05, 0) is 37.3 Å². The van der Waals surface area contributed by atoms with Gasteiger partial charge in [-0.1, -0.05) is 6.08 Å². The van der Waals surface area contributed by atoms with E-state index in [4.69, 9.17) is 5.26 Å². The highest BCUT2D eigenvalue weighted by Crippen LogP contribution is 2.36. The van der Waals surface area contributed by atoms with Gasteiger partial charge in [0.25, 0.3) is 5.69 Å². The number of nitro benzene ring substituents is 1. The van der Waals surface area contributed by atoms with Crippen molar-refractivity contribution >= 4 is 5.69 Å². The van der Waals surface area contributed by atoms with Gasteiger partial charge in [-0.15, -0.1) is 0 Å². The first-order valence-electron chi connectivity index (χ1n) is 5.65. The topological polar surface area (TPSA) is 66.9 Å². The second kappa shape index (κ2) is 4.96. The van der Waals surface area contributed by atoms with Crippen LogP contribution in [0, 0.1) is 27.3 Å². The second-order valence-electron chi connectivity index (χ2n) is 4.27. The SMILES string of the molecule is N#CC1=CCC(c2cc(F)ccc2[N+](=O)[O-])CC1. The molecule has 0 radical (unpaired) electrons. The minimum absolute atomic E-state index is 0.0461. The Morgan fingerprint density at radius 1 is 1.50 bits per heavy atom. The number of halogens is 1. The third-order valence-electron chi connectivity index (χ3n) is 3.18. The molecular weight excluding hydrogens is 235 g/mol. The average molecular weight is 246 g/mol. The van der Waals surface area contributed by atoms with Gasteiger partial charge < -0.3 is 0 Å². The first-order valence-corrected chi connectivity index (χ1v) is 5.65. The summed E-state index contributed by atoms with van der Waals surface area (Å²) in [7, 11) is 0. The lowest BCUT2D eigenvalue weighted by molar-refractivity contribution is -0.385. The minimum atomic E-state index is -0.488. The zero-order valence-electron chi connectivity index (χ0n) is 9.60. The standard InChI is InChI=1S/C13H11FN2O2/c14-11-5-6-13(16(17)18)12(7-11)10-3-1-9(8-15)2-4-10/h1,5-7,10H,2-4H2. The van der Waals surface area contributed by atoms with Gasteiger partial charge in [-0.25, -0.2) is 4.39 Å². The van der Waals surface area contributed by atoms with Gasteiger partial charge >= 0.3 is 0 Å². The zero-order chi connectivity index (χ0) is 13.1. The van der Waals surface area contributed by atoms with Crippen molar-refractivity contribution in [2.24, 2.45) is 0 Å². The number of hydrogen-bond acceptors (Lipinski definition) is 3. The fourth-order valence-electron chi connectivity index (χ4n) is 2.24. The molecule has 1 aliphatic rings. The maximum absolute atomic E-state index is 13.2. The molecule has 18 heavy (non-hydrogen) atoms. The molecule has 0 bridgehead atoms. The maximum Gasteiger partial charge on any atom is 0.273 e. The molecule has 0 N–H and O–H groups in total. The highest BCUT2D eigenvalue weighted by atomic mass is 19.1. The van der Waals surface area contributed by atoms with Crippen LogP contribution in [0.4, 0.5) is 10.1 Å². The molecule has 1 aromatic carbocycles. The summed E-state index contributed by atoms with van der Waals surface area (Å²) in [4.78, 5) is 10.4. The van der Waals surface area contributed by atoms with Crippen LogP contribution in [0.25, 0.3) is 0 Å². The van der Waals surface area contributed by atoms with E-state index in [2.05, 4.69) is 6.07 Å². The molecular formula is C13H11FN2O2. The summed E-state index contributed by atoms with van der Waals surface area (Å²) < 4.78 is 13.2. The molecule has 0 heterocycles. The van der Waals surface area contributed by atoms with Crippen molar-refractivity contribution in [2.75, 3.05) is 0 Å². The van der Waals surface area contributed by atoms with Crippen LogP contribution in [-0.2, 0) is 0 Å². The molecule has 0 aliphatic heterocycles. The van der Waals surface area contributed by atoms with E-state index in [1.54, 1.807) is 6.08 Å². The van der Waals surface area contributed by atoms with E-state index in [1.807, 2.05) is 0 Å². The van der Waals surface area contributed by atoms with Crippen LogP contribution in [0.3, 0.4) is 0 Å². The Morgan fingerprint density at radius 2 is 2.28 bits per heavy atom. The number of nitro groups is 1. The van der Waals surface area contributed by atoms with Crippen LogP contribution < -0.4 is 0 Å². The number of hydrogen-bond donors (Lipinski definition) is 0. The molecule has 1 aromatic rings. The number of nitrogens with zero attached hydrogens (tertiary/aromatic N) is 2. The van der Waals surface area contributed by atoms with E-state index in [1.165, 1.54) is 12.1 Å². The van der Waals surface area contributed by atoms with Crippen LogP contribution in [0.1, 0.15) is 30.7 Å². The molecule has 1 atom stereocenters. The number of benzene rings is 1. The van der Waals surface area contributed by atoms with Gasteiger partial charge in [0.05, 0.1) is 11.0 Å². The second-order valence-corrected chi connectivity index (χ2v) is 4.27. The van der Waals surface area contributed by atoms with Crippen molar-refractivity contribution in [2.45, 2.75) is 25.2 Å². The van der Waals surface area contributed by atoms with Gasteiger partial charge in [0.2, 0.25) is 0 Å². The van der Waals surface area contributed by atoms with Gasteiger partial charge in [0.1, 0.15) is 5.82 Å². The molecule has 0 saturated heterocycles. The van der Waals surface area contributed by atoms with Crippen LogP contribution in [-0.4, -0.2) is 4.92 Å². The maximum atomic E-state index is 13.2. The lowest BCUT2D eigenvalue weighted by Gasteiger charge is -2.19. The van der Waals surface area contributed by atoms with Crippen molar-refractivity contribution in [3.8, 4) is 6.07 Å². The number of nitriles is 1. The molecule has 0 amide bonds. The van der Waals surface area contributed by atoms with E-state index in [0.29, 0.717) is 30.4 Å². The van der Waals surface area contributed by atoms with Crippen molar-refractivity contribution in [3.63, 3.8) is 0 Å². The van der Waals surface area contributed by atoms with E-state index in [0.717, 1.165) is 6.07 Å². The normalized spacial score (nSPS) is 18.9. The molecule has 92 valence electrons. The largest absolute Gasteiger partial charge is 0.273 e. The third-order valence-corrected chi connectivity index (χ3v) is 3.18. The molecule has 1 aliphatic carbocycles. The Balaban J connectivity index is 2.34. The first kappa shape index (κ1) is 12.2. The van der Waals surface area contributed by atoms with Crippen LogP contribution in [0.15, 0.2) is 29.8 Å². The minimum Gasteiger partial charge on any atom is -0.258 e. The van der Waals surface area contributed by atoms with Crippen molar-refractivity contribution in [3.05, 3.63) is 51.3 Å². The van der Waals surface area contributed by atoms with Crippen LogP contribution in [0.2, 0.25) is 0 Å². The molecule has 2 rings (SSSR count). The van der Waals surface area contributed by atoms with E-state index < -0.39 is 10.7 Å². The fourth-order valence-corrected chi connectivity index (χ4v) is 2.24. The highest BCUT2D eigenvalue weighted by molar-refractivity contribution is 5.44. The Hall–Kier alpha value is -2.22. The summed E-state index contributed by atoms with van der Waals surface area (Å²) in [6, 6.07) is 5.61. The van der Waals surface area contributed by atoms with Gasteiger partial charge in [-0.3, -0.25) is 10.1 Å². The Morgan fingerprint density at radius 3 is 2.83 bits per heavy atom.